The number of hydrogen-bond donors (Lipinski definition) is 1. The Morgan fingerprint density at radius 1 is 1.19 bits per heavy atom. The predicted octanol–water partition coefficient (Wildman–Crippen LogP) is 4.13. The van der Waals surface area contributed by atoms with E-state index < -0.39 is 6.09 Å². The van der Waals surface area contributed by atoms with Crippen molar-refractivity contribution >= 4 is 6.09 Å². The Morgan fingerprint density at radius 2 is 2.00 bits per heavy atom. The van der Waals surface area contributed by atoms with Crippen LogP contribution < -0.4 is 5.73 Å². The topological polar surface area (TPSA) is 52.3 Å². The molecule has 1 aliphatic carbocycles. The number of benzene rings is 2. The molecular formula is C18H19NO2. The van der Waals surface area contributed by atoms with Gasteiger partial charge in [0.25, 0.3) is 0 Å². The number of hydrogen-bond acceptors (Lipinski definition) is 2. The monoisotopic (exact) mass is 281 g/mol. The summed E-state index contributed by atoms with van der Waals surface area (Å²) in [5.41, 5.74) is 11.1. The van der Waals surface area contributed by atoms with Gasteiger partial charge in [0, 0.05) is 0 Å². The fraction of sp³-hybridized carbons (Fsp3) is 0.278. The van der Waals surface area contributed by atoms with E-state index >= 15 is 0 Å². The molecule has 0 bridgehead atoms. The molecule has 0 saturated heterocycles. The SMILES string of the molecule is Cc1cccc(-c2ccc3c(c2)C(OC(N)=O)CCC3)c1. The lowest BCUT2D eigenvalue weighted by atomic mass is 9.87. The zero-order valence-corrected chi connectivity index (χ0v) is 12.1. The van der Waals surface area contributed by atoms with Crippen molar-refractivity contribution in [2.24, 2.45) is 5.73 Å². The molecule has 1 unspecified atom stereocenters. The number of fused-ring (bicyclic) bond motifs is 1. The van der Waals surface area contributed by atoms with Crippen molar-refractivity contribution in [1.82, 2.24) is 0 Å². The van der Waals surface area contributed by atoms with Gasteiger partial charge in [-0.25, -0.2) is 4.79 Å². The molecule has 108 valence electrons. The van der Waals surface area contributed by atoms with Crippen molar-refractivity contribution in [2.75, 3.05) is 0 Å². The maximum absolute atomic E-state index is 11.1. The minimum Gasteiger partial charge on any atom is -0.442 e. The minimum atomic E-state index is -0.700. The number of aryl methyl sites for hydroxylation is 2. The van der Waals surface area contributed by atoms with Crippen molar-refractivity contribution < 1.29 is 9.53 Å². The highest BCUT2D eigenvalue weighted by Gasteiger charge is 2.23. The van der Waals surface area contributed by atoms with E-state index in [9.17, 15) is 4.79 Å². The summed E-state index contributed by atoms with van der Waals surface area (Å²) in [5, 5.41) is 0. The van der Waals surface area contributed by atoms with Gasteiger partial charge in [0.2, 0.25) is 0 Å². The fourth-order valence-electron chi connectivity index (χ4n) is 3.02. The van der Waals surface area contributed by atoms with Gasteiger partial charge in [0.1, 0.15) is 6.10 Å². The van der Waals surface area contributed by atoms with Crippen LogP contribution in [0, 0.1) is 6.92 Å². The van der Waals surface area contributed by atoms with Gasteiger partial charge in [0.15, 0.2) is 0 Å². The predicted molar refractivity (Wildman–Crippen MR) is 83.0 cm³/mol. The van der Waals surface area contributed by atoms with Gasteiger partial charge >= 0.3 is 6.09 Å². The molecule has 0 radical (unpaired) electrons. The van der Waals surface area contributed by atoms with E-state index in [0.717, 1.165) is 30.4 Å². The molecule has 1 atom stereocenters. The summed E-state index contributed by atoms with van der Waals surface area (Å²) in [6.07, 6.45) is 1.98. The Hall–Kier alpha value is -2.29. The van der Waals surface area contributed by atoms with Gasteiger partial charge in [-0.15, -0.1) is 0 Å². The second-order valence-electron chi connectivity index (χ2n) is 5.60. The van der Waals surface area contributed by atoms with Crippen LogP contribution in [0.4, 0.5) is 4.79 Å². The Balaban J connectivity index is 2.00. The zero-order chi connectivity index (χ0) is 14.8. The molecule has 21 heavy (non-hydrogen) atoms. The van der Waals surface area contributed by atoms with Crippen LogP contribution in [-0.4, -0.2) is 6.09 Å². The van der Waals surface area contributed by atoms with Gasteiger partial charge < -0.3 is 10.5 Å². The molecule has 0 spiro atoms. The molecule has 2 aromatic rings. The third-order valence-corrected chi connectivity index (χ3v) is 4.01. The number of amides is 1. The summed E-state index contributed by atoms with van der Waals surface area (Å²) in [4.78, 5) is 11.1. The quantitative estimate of drug-likeness (QED) is 0.899. The van der Waals surface area contributed by atoms with Gasteiger partial charge in [-0.05, 0) is 54.5 Å². The lowest BCUT2D eigenvalue weighted by molar-refractivity contribution is 0.0959. The molecule has 3 heteroatoms. The van der Waals surface area contributed by atoms with Gasteiger partial charge in [0.05, 0.1) is 0 Å². The first kappa shape index (κ1) is 13.7. The van der Waals surface area contributed by atoms with Crippen molar-refractivity contribution in [1.29, 1.82) is 0 Å². The molecule has 0 aromatic heterocycles. The highest BCUT2D eigenvalue weighted by atomic mass is 16.6. The highest BCUT2D eigenvalue weighted by molar-refractivity contribution is 5.67. The minimum absolute atomic E-state index is 0.212. The van der Waals surface area contributed by atoms with Gasteiger partial charge in [-0.1, -0.05) is 42.0 Å². The van der Waals surface area contributed by atoms with E-state index in [1.807, 2.05) is 0 Å². The van der Waals surface area contributed by atoms with Crippen LogP contribution in [0.5, 0.6) is 0 Å². The van der Waals surface area contributed by atoms with Gasteiger partial charge in [-0.3, -0.25) is 0 Å². The molecule has 0 fully saturated rings. The third kappa shape index (κ3) is 2.92. The first-order valence-electron chi connectivity index (χ1n) is 7.29. The van der Waals surface area contributed by atoms with Crippen LogP contribution in [0.3, 0.4) is 0 Å². The number of nitrogens with two attached hydrogens (primary N) is 1. The molecule has 2 N–H and O–H groups in total. The van der Waals surface area contributed by atoms with Crippen molar-refractivity contribution in [3.8, 4) is 11.1 Å². The van der Waals surface area contributed by atoms with E-state index in [2.05, 4.69) is 49.4 Å². The lowest BCUT2D eigenvalue weighted by Crippen LogP contribution is -2.20. The number of primary amides is 1. The largest absolute Gasteiger partial charge is 0.442 e. The van der Waals surface area contributed by atoms with Crippen LogP contribution in [0.2, 0.25) is 0 Å². The van der Waals surface area contributed by atoms with Crippen molar-refractivity contribution in [3.63, 3.8) is 0 Å². The number of ether oxygens (including phenoxy) is 1. The van der Waals surface area contributed by atoms with E-state index in [4.69, 9.17) is 10.5 Å². The van der Waals surface area contributed by atoms with E-state index in [1.165, 1.54) is 16.7 Å². The van der Waals surface area contributed by atoms with Crippen LogP contribution in [0.1, 0.15) is 35.6 Å². The maximum Gasteiger partial charge on any atom is 0.405 e. The van der Waals surface area contributed by atoms with Crippen LogP contribution in [-0.2, 0) is 11.2 Å². The fourth-order valence-corrected chi connectivity index (χ4v) is 3.02. The van der Waals surface area contributed by atoms with Crippen LogP contribution >= 0.6 is 0 Å². The lowest BCUT2D eigenvalue weighted by Gasteiger charge is -2.25. The van der Waals surface area contributed by atoms with E-state index in [1.54, 1.807) is 0 Å². The average Bonchev–Trinajstić information content (AvgIpc) is 2.47. The van der Waals surface area contributed by atoms with Gasteiger partial charge in [-0.2, -0.15) is 0 Å². The summed E-state index contributed by atoms with van der Waals surface area (Å²) >= 11 is 0. The van der Waals surface area contributed by atoms with Crippen molar-refractivity contribution in [2.45, 2.75) is 32.3 Å². The summed E-state index contributed by atoms with van der Waals surface area (Å²) in [7, 11) is 0. The summed E-state index contributed by atoms with van der Waals surface area (Å²) in [6.45, 7) is 2.08. The third-order valence-electron chi connectivity index (χ3n) is 4.01. The molecule has 1 aliphatic rings. The standard InChI is InChI=1S/C18H19NO2/c1-12-4-2-6-14(10-12)15-9-8-13-5-3-7-17(16(13)11-15)21-18(19)20/h2,4,6,8-11,17H,3,5,7H2,1H3,(H2,19,20). The second kappa shape index (κ2) is 5.60. The average molecular weight is 281 g/mol. The molecule has 0 heterocycles. The first-order chi connectivity index (χ1) is 10.1. The second-order valence-corrected chi connectivity index (χ2v) is 5.60. The Labute approximate surface area is 124 Å². The molecule has 0 saturated carbocycles. The molecule has 3 nitrogen and oxygen atoms in total. The van der Waals surface area contributed by atoms with E-state index in [0.29, 0.717) is 0 Å². The maximum atomic E-state index is 11.1. The summed E-state index contributed by atoms with van der Waals surface area (Å²) in [5.74, 6) is 0. The van der Waals surface area contributed by atoms with Crippen LogP contribution in [0.25, 0.3) is 11.1 Å². The number of carbonyl (C=O) groups is 1. The molecule has 0 aliphatic heterocycles. The van der Waals surface area contributed by atoms with Crippen molar-refractivity contribution in [3.05, 3.63) is 59.2 Å². The van der Waals surface area contributed by atoms with E-state index in [-0.39, 0.29) is 6.10 Å². The highest BCUT2D eigenvalue weighted by Crippen LogP contribution is 2.35. The molecule has 1 amide bonds. The summed E-state index contributed by atoms with van der Waals surface area (Å²) < 4.78 is 5.27. The normalized spacial score (nSPS) is 17.1. The zero-order valence-electron chi connectivity index (χ0n) is 12.1. The number of rotatable bonds is 2. The first-order valence-corrected chi connectivity index (χ1v) is 7.29. The smallest absolute Gasteiger partial charge is 0.405 e. The number of carbonyl (C=O) groups excluding carboxylic acids is 1. The summed E-state index contributed by atoms with van der Waals surface area (Å²) in [6, 6.07) is 14.8. The van der Waals surface area contributed by atoms with Crippen LogP contribution in [0.15, 0.2) is 42.5 Å². The molecular weight excluding hydrogens is 262 g/mol. The molecule has 2 aromatic carbocycles. The molecule has 3 rings (SSSR count). The Morgan fingerprint density at radius 3 is 2.76 bits per heavy atom. The Kier molecular flexibility index (Phi) is 3.65. The Bertz CT molecular complexity index is 679.